The van der Waals surface area contributed by atoms with Crippen LogP contribution in [0.4, 0.5) is 0 Å². The van der Waals surface area contributed by atoms with Gasteiger partial charge < -0.3 is 5.32 Å². The highest BCUT2D eigenvalue weighted by molar-refractivity contribution is 9.10. The molecule has 1 fully saturated rings. The van der Waals surface area contributed by atoms with E-state index in [0.717, 1.165) is 19.1 Å². The Hall–Kier alpha value is 0.100. The van der Waals surface area contributed by atoms with Gasteiger partial charge in [-0.1, -0.05) is 6.92 Å². The molecular formula is C13H21BrN2S. The van der Waals surface area contributed by atoms with Crippen molar-refractivity contribution in [2.75, 3.05) is 13.1 Å². The first-order valence-corrected chi connectivity index (χ1v) is 8.07. The maximum Gasteiger partial charge on any atom is 0.0342 e. The summed E-state index contributed by atoms with van der Waals surface area (Å²) < 4.78 is 1.27. The summed E-state index contributed by atoms with van der Waals surface area (Å²) in [5.41, 5.74) is 0. The smallest absolute Gasteiger partial charge is 0.0342 e. The number of thiophene rings is 1. The third-order valence-electron chi connectivity index (χ3n) is 3.54. The normalized spacial score (nSPS) is 26.3. The van der Waals surface area contributed by atoms with Crippen LogP contribution in [0.1, 0.15) is 31.6 Å². The van der Waals surface area contributed by atoms with Gasteiger partial charge in [0.25, 0.3) is 0 Å². The third-order valence-corrected chi connectivity index (χ3v) is 5.46. The van der Waals surface area contributed by atoms with E-state index in [4.69, 9.17) is 0 Å². The molecule has 0 aliphatic carbocycles. The van der Waals surface area contributed by atoms with Crippen LogP contribution in [-0.4, -0.2) is 30.1 Å². The maximum absolute atomic E-state index is 3.62. The molecule has 0 radical (unpaired) electrons. The van der Waals surface area contributed by atoms with Gasteiger partial charge in [-0.2, -0.15) is 0 Å². The molecule has 1 aromatic rings. The summed E-state index contributed by atoms with van der Waals surface area (Å²) in [7, 11) is 0. The van der Waals surface area contributed by atoms with Gasteiger partial charge in [-0.25, -0.2) is 0 Å². The zero-order chi connectivity index (χ0) is 12.3. The number of piperidine rings is 1. The molecule has 0 bridgehead atoms. The van der Waals surface area contributed by atoms with Crippen molar-refractivity contribution in [2.45, 2.75) is 45.3 Å². The topological polar surface area (TPSA) is 15.3 Å². The van der Waals surface area contributed by atoms with E-state index < -0.39 is 0 Å². The second-order valence-electron chi connectivity index (χ2n) is 4.79. The highest BCUT2D eigenvalue weighted by atomic mass is 79.9. The second-order valence-corrected chi connectivity index (χ2v) is 6.65. The van der Waals surface area contributed by atoms with Crippen molar-refractivity contribution in [3.05, 3.63) is 20.8 Å². The number of hydrogen-bond acceptors (Lipinski definition) is 3. The number of hydrogen-bond donors (Lipinski definition) is 1. The Balaban J connectivity index is 1.89. The fourth-order valence-electron chi connectivity index (χ4n) is 2.55. The molecule has 0 spiro atoms. The Morgan fingerprint density at radius 1 is 1.59 bits per heavy atom. The molecule has 96 valence electrons. The zero-order valence-corrected chi connectivity index (χ0v) is 13.0. The van der Waals surface area contributed by atoms with Crippen LogP contribution in [-0.2, 0) is 6.54 Å². The first kappa shape index (κ1) is 13.5. The predicted molar refractivity (Wildman–Crippen MR) is 78.6 cm³/mol. The molecule has 1 saturated heterocycles. The summed E-state index contributed by atoms with van der Waals surface area (Å²) in [4.78, 5) is 4.06. The Morgan fingerprint density at radius 2 is 2.41 bits per heavy atom. The standard InChI is InChI=1S/C13H21BrN2S/c1-3-15-11-4-6-16(10(2)8-11)9-13-12(14)5-7-17-13/h5,7,10-11,15H,3-4,6,8-9H2,1-2H3. The van der Waals surface area contributed by atoms with Crippen LogP contribution < -0.4 is 5.32 Å². The fraction of sp³-hybridized carbons (Fsp3) is 0.692. The summed E-state index contributed by atoms with van der Waals surface area (Å²) in [5.74, 6) is 0. The Kier molecular flexibility index (Phi) is 5.03. The van der Waals surface area contributed by atoms with Crippen molar-refractivity contribution in [3.8, 4) is 0 Å². The van der Waals surface area contributed by atoms with Crippen molar-refractivity contribution < 1.29 is 0 Å². The summed E-state index contributed by atoms with van der Waals surface area (Å²) in [6.45, 7) is 7.94. The molecule has 1 aliphatic rings. The van der Waals surface area contributed by atoms with Gasteiger partial charge in [0, 0.05) is 34.5 Å². The lowest BCUT2D eigenvalue weighted by Gasteiger charge is -2.37. The molecule has 4 heteroatoms. The van der Waals surface area contributed by atoms with Crippen molar-refractivity contribution >= 4 is 27.3 Å². The molecule has 2 rings (SSSR count). The van der Waals surface area contributed by atoms with Crippen LogP contribution in [0.3, 0.4) is 0 Å². The van der Waals surface area contributed by atoms with Crippen molar-refractivity contribution in [2.24, 2.45) is 0 Å². The lowest BCUT2D eigenvalue weighted by atomic mass is 9.98. The summed E-state index contributed by atoms with van der Waals surface area (Å²) >= 11 is 5.47. The Labute approximate surface area is 117 Å². The first-order chi connectivity index (χ1) is 8.20. The molecule has 17 heavy (non-hydrogen) atoms. The molecule has 0 amide bonds. The van der Waals surface area contributed by atoms with Crippen molar-refractivity contribution in [3.63, 3.8) is 0 Å². The van der Waals surface area contributed by atoms with Crippen LogP contribution in [0, 0.1) is 0 Å². The minimum Gasteiger partial charge on any atom is -0.314 e. The molecule has 0 aromatic carbocycles. The average molecular weight is 317 g/mol. The van der Waals surface area contributed by atoms with E-state index >= 15 is 0 Å². The van der Waals surface area contributed by atoms with Crippen molar-refractivity contribution in [1.29, 1.82) is 0 Å². The summed E-state index contributed by atoms with van der Waals surface area (Å²) in [6, 6.07) is 3.55. The largest absolute Gasteiger partial charge is 0.314 e. The number of halogens is 1. The highest BCUT2D eigenvalue weighted by Crippen LogP contribution is 2.27. The number of nitrogens with one attached hydrogen (secondary N) is 1. The highest BCUT2D eigenvalue weighted by Gasteiger charge is 2.25. The van der Waals surface area contributed by atoms with Gasteiger partial charge in [0.2, 0.25) is 0 Å². The van der Waals surface area contributed by atoms with E-state index in [0.29, 0.717) is 6.04 Å². The average Bonchev–Trinajstić information content (AvgIpc) is 2.69. The Bertz CT molecular complexity index is 353. The lowest BCUT2D eigenvalue weighted by Crippen LogP contribution is -2.46. The van der Waals surface area contributed by atoms with Crippen LogP contribution >= 0.6 is 27.3 Å². The van der Waals surface area contributed by atoms with E-state index in [-0.39, 0.29) is 0 Å². The minimum atomic E-state index is 0.682. The van der Waals surface area contributed by atoms with Gasteiger partial charge in [0.1, 0.15) is 0 Å². The summed E-state index contributed by atoms with van der Waals surface area (Å²) in [6.07, 6.45) is 2.55. The first-order valence-electron chi connectivity index (χ1n) is 6.40. The fourth-order valence-corrected chi connectivity index (χ4v) is 4.05. The molecule has 1 aliphatic heterocycles. The molecule has 2 heterocycles. The van der Waals surface area contributed by atoms with Crippen molar-refractivity contribution in [1.82, 2.24) is 10.2 Å². The van der Waals surface area contributed by atoms with Gasteiger partial charge in [0.05, 0.1) is 0 Å². The van der Waals surface area contributed by atoms with Crippen LogP contribution in [0.5, 0.6) is 0 Å². The maximum atomic E-state index is 3.62. The SMILES string of the molecule is CCNC1CCN(Cc2sccc2Br)C(C)C1. The minimum absolute atomic E-state index is 0.682. The lowest BCUT2D eigenvalue weighted by molar-refractivity contribution is 0.130. The summed E-state index contributed by atoms with van der Waals surface area (Å²) in [5, 5.41) is 5.73. The van der Waals surface area contributed by atoms with E-state index in [1.165, 1.54) is 28.7 Å². The van der Waals surface area contributed by atoms with E-state index in [2.05, 4.69) is 51.4 Å². The molecule has 2 unspecified atom stereocenters. The molecule has 1 aromatic heterocycles. The van der Waals surface area contributed by atoms with E-state index in [1.807, 2.05) is 11.3 Å². The van der Waals surface area contributed by atoms with Crippen LogP contribution in [0.2, 0.25) is 0 Å². The molecule has 0 saturated carbocycles. The monoisotopic (exact) mass is 316 g/mol. The van der Waals surface area contributed by atoms with Crippen LogP contribution in [0.15, 0.2) is 15.9 Å². The van der Waals surface area contributed by atoms with Gasteiger partial charge in [-0.15, -0.1) is 11.3 Å². The van der Waals surface area contributed by atoms with Gasteiger partial charge in [-0.3, -0.25) is 4.90 Å². The molecular weight excluding hydrogens is 296 g/mol. The Morgan fingerprint density at radius 3 is 3.00 bits per heavy atom. The van der Waals surface area contributed by atoms with Gasteiger partial charge in [0.15, 0.2) is 0 Å². The predicted octanol–water partition coefficient (Wildman–Crippen LogP) is 3.47. The van der Waals surface area contributed by atoms with Gasteiger partial charge in [-0.05, 0) is 53.7 Å². The number of rotatable bonds is 4. The number of nitrogens with zero attached hydrogens (tertiary/aromatic N) is 1. The zero-order valence-electron chi connectivity index (χ0n) is 10.6. The van der Waals surface area contributed by atoms with Gasteiger partial charge >= 0.3 is 0 Å². The third kappa shape index (κ3) is 3.53. The van der Waals surface area contributed by atoms with Crippen LogP contribution in [0.25, 0.3) is 0 Å². The quantitative estimate of drug-likeness (QED) is 0.915. The molecule has 2 nitrogen and oxygen atoms in total. The molecule has 1 N–H and O–H groups in total. The second kappa shape index (κ2) is 6.32. The van der Waals surface area contributed by atoms with E-state index in [1.54, 1.807) is 0 Å². The van der Waals surface area contributed by atoms with E-state index in [9.17, 15) is 0 Å². The molecule has 2 atom stereocenters. The number of likely N-dealkylation sites (tertiary alicyclic amines) is 1.